The summed E-state index contributed by atoms with van der Waals surface area (Å²) in [6.07, 6.45) is 0.182. The van der Waals surface area contributed by atoms with Gasteiger partial charge in [-0.2, -0.15) is 0 Å². The molecule has 0 aromatic heterocycles. The highest BCUT2D eigenvalue weighted by molar-refractivity contribution is 8.00. The van der Waals surface area contributed by atoms with Crippen LogP contribution >= 0.6 is 11.8 Å². The van der Waals surface area contributed by atoms with Gasteiger partial charge in [0, 0.05) is 16.7 Å². The second-order valence-corrected chi connectivity index (χ2v) is 7.26. The molecule has 0 aliphatic carbocycles. The number of aliphatic hydroxyl groups excluding tert-OH is 1. The van der Waals surface area contributed by atoms with Crippen LogP contribution in [-0.4, -0.2) is 29.0 Å². The Hall–Kier alpha value is -1.20. The summed E-state index contributed by atoms with van der Waals surface area (Å²) in [7, 11) is 0. The fourth-order valence-electron chi connectivity index (χ4n) is 1.76. The number of urea groups is 1. The predicted molar refractivity (Wildman–Crippen MR) is 89.9 cm³/mol. The minimum Gasteiger partial charge on any atom is -0.393 e. The second-order valence-electron chi connectivity index (χ2n) is 5.64. The Morgan fingerprint density at radius 3 is 2.52 bits per heavy atom. The molecule has 4 nitrogen and oxygen atoms in total. The van der Waals surface area contributed by atoms with E-state index in [1.54, 1.807) is 11.8 Å². The van der Waals surface area contributed by atoms with Gasteiger partial charge < -0.3 is 15.7 Å². The van der Waals surface area contributed by atoms with E-state index in [1.165, 1.54) is 0 Å². The monoisotopic (exact) mass is 310 g/mol. The van der Waals surface area contributed by atoms with Crippen LogP contribution in [0, 0.1) is 5.92 Å². The molecule has 0 fully saturated rings. The lowest BCUT2D eigenvalue weighted by Crippen LogP contribution is -2.32. The maximum atomic E-state index is 11.9. The van der Waals surface area contributed by atoms with Gasteiger partial charge in [-0.15, -0.1) is 11.8 Å². The van der Waals surface area contributed by atoms with Crippen LogP contribution in [-0.2, 0) is 0 Å². The lowest BCUT2D eigenvalue weighted by molar-refractivity contribution is 0.117. The first-order valence-electron chi connectivity index (χ1n) is 7.38. The van der Waals surface area contributed by atoms with E-state index in [1.807, 2.05) is 38.1 Å². The lowest BCUT2D eigenvalue weighted by Gasteiger charge is -2.16. The van der Waals surface area contributed by atoms with Crippen molar-refractivity contribution < 1.29 is 9.90 Å². The number of hydrogen-bond acceptors (Lipinski definition) is 3. The summed E-state index contributed by atoms with van der Waals surface area (Å²) in [5.74, 6) is 0.207. The number of thioether (sulfide) groups is 1. The van der Waals surface area contributed by atoms with Crippen molar-refractivity contribution in [1.29, 1.82) is 0 Å². The summed E-state index contributed by atoms with van der Waals surface area (Å²) in [5, 5.41) is 15.8. The van der Waals surface area contributed by atoms with Crippen molar-refractivity contribution in [2.75, 3.05) is 11.9 Å². The Labute approximate surface area is 131 Å². The van der Waals surface area contributed by atoms with E-state index in [4.69, 9.17) is 0 Å². The molecule has 1 unspecified atom stereocenters. The van der Waals surface area contributed by atoms with Crippen molar-refractivity contribution in [3.05, 3.63) is 24.3 Å². The zero-order chi connectivity index (χ0) is 15.8. The number of carbonyl (C=O) groups is 1. The van der Waals surface area contributed by atoms with Gasteiger partial charge in [0.25, 0.3) is 0 Å². The fourth-order valence-corrected chi connectivity index (χ4v) is 2.67. The molecule has 5 heteroatoms. The average molecular weight is 310 g/mol. The molecule has 0 aliphatic rings. The zero-order valence-corrected chi connectivity index (χ0v) is 14.0. The highest BCUT2D eigenvalue weighted by atomic mass is 32.2. The van der Waals surface area contributed by atoms with E-state index < -0.39 is 0 Å². The van der Waals surface area contributed by atoms with Crippen LogP contribution < -0.4 is 10.6 Å². The lowest BCUT2D eigenvalue weighted by atomic mass is 10.0. The molecule has 0 saturated carbocycles. The van der Waals surface area contributed by atoms with Gasteiger partial charge in [-0.1, -0.05) is 39.8 Å². The van der Waals surface area contributed by atoms with Gasteiger partial charge in [-0.05, 0) is 24.5 Å². The zero-order valence-electron chi connectivity index (χ0n) is 13.2. The van der Waals surface area contributed by atoms with Gasteiger partial charge in [0.05, 0.1) is 11.8 Å². The van der Waals surface area contributed by atoms with E-state index in [0.717, 1.165) is 10.6 Å². The number of benzene rings is 1. The smallest absolute Gasteiger partial charge is 0.319 e. The number of nitrogens with one attached hydrogen (secondary N) is 2. The third-order valence-electron chi connectivity index (χ3n) is 2.99. The van der Waals surface area contributed by atoms with Gasteiger partial charge in [0.1, 0.15) is 0 Å². The molecule has 0 bridgehead atoms. The van der Waals surface area contributed by atoms with Crippen LogP contribution in [0.4, 0.5) is 10.5 Å². The van der Waals surface area contributed by atoms with Gasteiger partial charge in [0.2, 0.25) is 0 Å². The average Bonchev–Trinajstić information content (AvgIpc) is 2.40. The van der Waals surface area contributed by atoms with Crippen molar-refractivity contribution in [3.8, 4) is 0 Å². The quantitative estimate of drug-likeness (QED) is 0.673. The molecular weight excluding hydrogens is 284 g/mol. The van der Waals surface area contributed by atoms with Gasteiger partial charge in [0.15, 0.2) is 0 Å². The molecule has 0 saturated heterocycles. The first kappa shape index (κ1) is 17.9. The van der Waals surface area contributed by atoms with Crippen LogP contribution in [0.2, 0.25) is 0 Å². The van der Waals surface area contributed by atoms with E-state index in [2.05, 4.69) is 24.5 Å². The van der Waals surface area contributed by atoms with Crippen molar-refractivity contribution in [2.45, 2.75) is 50.4 Å². The van der Waals surface area contributed by atoms with E-state index in [0.29, 0.717) is 18.2 Å². The standard InChI is InChI=1S/C16H26N2O2S/c1-11(2)14(19)9-10-17-16(20)18-13-7-5-6-8-15(13)21-12(3)4/h5-8,11-12,14,19H,9-10H2,1-4H3,(H2,17,18,20). The molecule has 1 aromatic rings. The van der Waals surface area contributed by atoms with E-state index in [9.17, 15) is 9.90 Å². The second kappa shape index (κ2) is 8.95. The Balaban J connectivity index is 2.48. The maximum absolute atomic E-state index is 11.9. The first-order valence-corrected chi connectivity index (χ1v) is 8.26. The molecule has 2 amide bonds. The van der Waals surface area contributed by atoms with Crippen LogP contribution in [0.1, 0.15) is 34.1 Å². The first-order chi connectivity index (χ1) is 9.90. The third-order valence-corrected chi connectivity index (χ3v) is 4.07. The van der Waals surface area contributed by atoms with E-state index >= 15 is 0 Å². The van der Waals surface area contributed by atoms with Crippen LogP contribution in [0.15, 0.2) is 29.2 Å². The third kappa shape index (κ3) is 6.87. The highest BCUT2D eigenvalue weighted by Crippen LogP contribution is 2.29. The minimum atomic E-state index is -0.380. The summed E-state index contributed by atoms with van der Waals surface area (Å²) >= 11 is 1.72. The molecule has 3 N–H and O–H groups in total. The van der Waals surface area contributed by atoms with Gasteiger partial charge in [-0.25, -0.2) is 4.79 Å². The van der Waals surface area contributed by atoms with E-state index in [-0.39, 0.29) is 18.1 Å². The Kier molecular flexibility index (Phi) is 7.61. The topological polar surface area (TPSA) is 61.4 Å². The highest BCUT2D eigenvalue weighted by Gasteiger charge is 2.11. The summed E-state index contributed by atoms with van der Waals surface area (Å²) in [6.45, 7) is 8.63. The predicted octanol–water partition coefficient (Wildman–Crippen LogP) is 3.72. The molecule has 0 heterocycles. The largest absolute Gasteiger partial charge is 0.393 e. The fraction of sp³-hybridized carbons (Fsp3) is 0.562. The number of hydrogen-bond donors (Lipinski definition) is 3. The number of anilines is 1. The van der Waals surface area contributed by atoms with Crippen LogP contribution in [0.25, 0.3) is 0 Å². The van der Waals surface area contributed by atoms with Crippen LogP contribution in [0.5, 0.6) is 0 Å². The van der Waals surface area contributed by atoms with Crippen molar-refractivity contribution in [3.63, 3.8) is 0 Å². The Morgan fingerprint density at radius 2 is 1.90 bits per heavy atom. The minimum absolute atomic E-state index is 0.207. The Bertz CT molecular complexity index is 450. The van der Waals surface area contributed by atoms with Crippen molar-refractivity contribution >= 4 is 23.5 Å². The SMILES string of the molecule is CC(C)Sc1ccccc1NC(=O)NCCC(O)C(C)C. The normalized spacial score (nSPS) is 12.5. The number of para-hydroxylation sites is 1. The maximum Gasteiger partial charge on any atom is 0.319 e. The number of aliphatic hydroxyl groups is 1. The molecule has 0 spiro atoms. The Morgan fingerprint density at radius 1 is 1.24 bits per heavy atom. The molecular formula is C16H26N2O2S. The molecule has 0 aliphatic heterocycles. The number of carbonyl (C=O) groups excluding carboxylic acids is 1. The number of rotatable bonds is 7. The molecule has 1 aromatic carbocycles. The van der Waals surface area contributed by atoms with Gasteiger partial charge in [-0.3, -0.25) is 0 Å². The molecule has 118 valence electrons. The molecule has 21 heavy (non-hydrogen) atoms. The number of amides is 2. The molecule has 1 atom stereocenters. The van der Waals surface area contributed by atoms with Crippen molar-refractivity contribution in [1.82, 2.24) is 5.32 Å². The van der Waals surface area contributed by atoms with Gasteiger partial charge >= 0.3 is 6.03 Å². The summed E-state index contributed by atoms with van der Waals surface area (Å²) in [4.78, 5) is 12.9. The van der Waals surface area contributed by atoms with Crippen molar-refractivity contribution in [2.24, 2.45) is 5.92 Å². The summed E-state index contributed by atoms with van der Waals surface area (Å²) in [6, 6.07) is 7.54. The molecule has 1 rings (SSSR count). The summed E-state index contributed by atoms with van der Waals surface area (Å²) in [5.41, 5.74) is 0.818. The van der Waals surface area contributed by atoms with Crippen LogP contribution in [0.3, 0.4) is 0 Å². The molecule has 0 radical (unpaired) electrons. The summed E-state index contributed by atoms with van der Waals surface area (Å²) < 4.78 is 0.